The van der Waals surface area contributed by atoms with E-state index < -0.39 is 0 Å². The summed E-state index contributed by atoms with van der Waals surface area (Å²) in [5.41, 5.74) is 4.28. The van der Waals surface area contributed by atoms with E-state index in [9.17, 15) is 0 Å². The van der Waals surface area contributed by atoms with Crippen LogP contribution in [-0.4, -0.2) is 28.0 Å². The van der Waals surface area contributed by atoms with Gasteiger partial charge in [-0.25, -0.2) is 9.97 Å². The summed E-state index contributed by atoms with van der Waals surface area (Å²) >= 11 is 1.71. The molecule has 2 aliphatic rings. The molecule has 0 unspecified atom stereocenters. The van der Waals surface area contributed by atoms with Crippen LogP contribution in [0.15, 0.2) is 30.7 Å². The fraction of sp³-hybridized carbons (Fsp3) is 0.409. The standard InChI is InChI=1S/C22H26N6S/c1-14-11-18-20(29-15(2)24-18)12-17(14)25-22-23-13-19-21(26-22)28(10-9-27(19)3)16-7-5-4-6-8-16/h9-13,16H,4-8H2,1-3H3,(H,23,25,26). The van der Waals surface area contributed by atoms with Crippen LogP contribution >= 0.6 is 11.3 Å². The molecule has 0 spiro atoms. The number of fused-ring (bicyclic) bond motifs is 2. The van der Waals surface area contributed by atoms with Gasteiger partial charge in [0.05, 0.1) is 21.4 Å². The van der Waals surface area contributed by atoms with Gasteiger partial charge in [-0.15, -0.1) is 11.3 Å². The number of benzene rings is 1. The molecule has 1 saturated carbocycles. The molecule has 2 aromatic heterocycles. The maximum atomic E-state index is 4.94. The molecule has 6 nitrogen and oxygen atoms in total. The summed E-state index contributed by atoms with van der Waals surface area (Å²) in [7, 11) is 2.05. The molecule has 0 bridgehead atoms. The average molecular weight is 407 g/mol. The van der Waals surface area contributed by atoms with Gasteiger partial charge in [-0.05, 0) is 44.4 Å². The van der Waals surface area contributed by atoms with Crippen LogP contribution in [0, 0.1) is 13.8 Å². The zero-order valence-corrected chi connectivity index (χ0v) is 18.0. The van der Waals surface area contributed by atoms with Crippen molar-refractivity contribution in [3.8, 4) is 0 Å². The summed E-state index contributed by atoms with van der Waals surface area (Å²) in [6.07, 6.45) is 12.6. The Balaban J connectivity index is 1.49. The highest BCUT2D eigenvalue weighted by Crippen LogP contribution is 2.37. The Morgan fingerprint density at radius 2 is 1.90 bits per heavy atom. The van der Waals surface area contributed by atoms with Gasteiger partial charge in [0, 0.05) is 31.2 Å². The first-order valence-electron chi connectivity index (χ1n) is 10.3. The number of hydrogen-bond donors (Lipinski definition) is 1. The summed E-state index contributed by atoms with van der Waals surface area (Å²) < 4.78 is 1.18. The van der Waals surface area contributed by atoms with Crippen LogP contribution in [0.1, 0.15) is 42.7 Å². The Morgan fingerprint density at radius 1 is 1.07 bits per heavy atom. The van der Waals surface area contributed by atoms with Crippen molar-refractivity contribution in [2.75, 3.05) is 22.2 Å². The molecule has 1 aliphatic carbocycles. The van der Waals surface area contributed by atoms with Gasteiger partial charge in [-0.2, -0.15) is 4.98 Å². The van der Waals surface area contributed by atoms with Crippen LogP contribution in [0.3, 0.4) is 0 Å². The number of nitrogens with zero attached hydrogens (tertiary/aromatic N) is 5. The molecule has 1 aliphatic heterocycles. The summed E-state index contributed by atoms with van der Waals surface area (Å²) in [5, 5.41) is 4.53. The van der Waals surface area contributed by atoms with Crippen molar-refractivity contribution in [3.05, 3.63) is 41.3 Å². The summed E-state index contributed by atoms with van der Waals surface area (Å²) in [6, 6.07) is 4.81. The predicted octanol–water partition coefficient (Wildman–Crippen LogP) is 5.51. The van der Waals surface area contributed by atoms with Gasteiger partial charge < -0.3 is 15.1 Å². The molecule has 1 aromatic carbocycles. The van der Waals surface area contributed by atoms with Crippen molar-refractivity contribution >= 4 is 44.7 Å². The molecule has 0 atom stereocenters. The fourth-order valence-corrected chi connectivity index (χ4v) is 5.14. The molecule has 3 aromatic rings. The first-order valence-corrected chi connectivity index (χ1v) is 11.1. The van der Waals surface area contributed by atoms with Crippen molar-refractivity contribution in [2.24, 2.45) is 0 Å². The molecule has 0 radical (unpaired) electrons. The molecule has 1 N–H and O–H groups in total. The van der Waals surface area contributed by atoms with E-state index in [0.29, 0.717) is 12.0 Å². The molecule has 5 rings (SSSR count). The van der Waals surface area contributed by atoms with Gasteiger partial charge >= 0.3 is 0 Å². The van der Waals surface area contributed by atoms with Gasteiger partial charge in [0.15, 0.2) is 5.82 Å². The quantitative estimate of drug-likeness (QED) is 0.619. The third kappa shape index (κ3) is 3.44. The van der Waals surface area contributed by atoms with Crippen LogP contribution in [-0.2, 0) is 0 Å². The topological polar surface area (TPSA) is 57.2 Å². The Bertz CT molecular complexity index is 1080. The lowest BCUT2D eigenvalue weighted by atomic mass is 9.94. The van der Waals surface area contributed by atoms with E-state index in [4.69, 9.17) is 4.98 Å². The monoisotopic (exact) mass is 406 g/mol. The van der Waals surface area contributed by atoms with Crippen LogP contribution in [0.25, 0.3) is 10.2 Å². The molecule has 150 valence electrons. The minimum atomic E-state index is 0.522. The largest absolute Gasteiger partial charge is 0.345 e. The number of thiazole rings is 1. The van der Waals surface area contributed by atoms with Crippen molar-refractivity contribution in [1.29, 1.82) is 0 Å². The van der Waals surface area contributed by atoms with Gasteiger partial charge in [0.2, 0.25) is 5.95 Å². The Kier molecular flexibility index (Phi) is 4.62. The van der Waals surface area contributed by atoms with E-state index in [-0.39, 0.29) is 0 Å². The second kappa shape index (κ2) is 7.30. The maximum absolute atomic E-state index is 4.94. The third-order valence-electron chi connectivity index (χ3n) is 5.88. The van der Waals surface area contributed by atoms with E-state index in [1.807, 2.05) is 20.2 Å². The van der Waals surface area contributed by atoms with Crippen LogP contribution in [0.2, 0.25) is 0 Å². The molecule has 29 heavy (non-hydrogen) atoms. The van der Waals surface area contributed by atoms with Gasteiger partial charge in [0.25, 0.3) is 0 Å². The molecule has 1 fully saturated rings. The van der Waals surface area contributed by atoms with Gasteiger partial charge in [0.1, 0.15) is 5.69 Å². The van der Waals surface area contributed by atoms with Crippen molar-refractivity contribution < 1.29 is 0 Å². The normalized spacial score (nSPS) is 17.1. The van der Waals surface area contributed by atoms with Crippen LogP contribution in [0.5, 0.6) is 0 Å². The molecule has 0 saturated heterocycles. The lowest BCUT2D eigenvalue weighted by molar-refractivity contribution is 0.432. The highest BCUT2D eigenvalue weighted by Gasteiger charge is 2.27. The summed E-state index contributed by atoms with van der Waals surface area (Å²) in [4.78, 5) is 18.6. The third-order valence-corrected chi connectivity index (χ3v) is 6.82. The van der Waals surface area contributed by atoms with Crippen LogP contribution < -0.4 is 15.1 Å². The summed E-state index contributed by atoms with van der Waals surface area (Å²) in [6.45, 7) is 4.14. The number of aromatic nitrogens is 3. The first kappa shape index (κ1) is 18.4. The van der Waals surface area contributed by atoms with Crippen molar-refractivity contribution in [1.82, 2.24) is 15.0 Å². The van der Waals surface area contributed by atoms with E-state index >= 15 is 0 Å². The molecule has 7 heteroatoms. The molecular weight excluding hydrogens is 380 g/mol. The lowest BCUT2D eigenvalue weighted by Crippen LogP contribution is -2.37. The SMILES string of the molecule is Cc1nc2cc(C)c(Nc3ncc4c(n3)N(C3CCCCC3)C=CN4C)cc2s1. The minimum absolute atomic E-state index is 0.522. The summed E-state index contributed by atoms with van der Waals surface area (Å²) in [5.74, 6) is 1.63. The highest BCUT2D eigenvalue weighted by atomic mass is 32.1. The number of rotatable bonds is 3. The predicted molar refractivity (Wildman–Crippen MR) is 121 cm³/mol. The molecule has 3 heterocycles. The highest BCUT2D eigenvalue weighted by molar-refractivity contribution is 7.18. The number of aryl methyl sites for hydroxylation is 2. The zero-order valence-electron chi connectivity index (χ0n) is 17.1. The minimum Gasteiger partial charge on any atom is -0.345 e. The van der Waals surface area contributed by atoms with Gasteiger partial charge in [-0.3, -0.25) is 0 Å². The second-order valence-electron chi connectivity index (χ2n) is 8.00. The number of nitrogens with one attached hydrogen (secondary N) is 1. The Morgan fingerprint density at radius 3 is 2.72 bits per heavy atom. The maximum Gasteiger partial charge on any atom is 0.229 e. The zero-order chi connectivity index (χ0) is 20.0. The van der Waals surface area contributed by atoms with E-state index in [0.717, 1.165) is 33.3 Å². The van der Waals surface area contributed by atoms with E-state index in [1.165, 1.54) is 36.8 Å². The van der Waals surface area contributed by atoms with E-state index in [1.54, 1.807) is 11.3 Å². The Hall–Kier alpha value is -2.67. The number of anilines is 4. The number of hydrogen-bond acceptors (Lipinski definition) is 7. The first-order chi connectivity index (χ1) is 14.1. The Labute approximate surface area is 175 Å². The second-order valence-corrected chi connectivity index (χ2v) is 9.24. The van der Waals surface area contributed by atoms with Crippen molar-refractivity contribution in [3.63, 3.8) is 0 Å². The lowest BCUT2D eigenvalue weighted by Gasteiger charge is -2.37. The molecular formula is C22H26N6S. The van der Waals surface area contributed by atoms with Crippen LogP contribution in [0.4, 0.5) is 23.1 Å². The average Bonchev–Trinajstić information content (AvgIpc) is 3.08. The fourth-order valence-electron chi connectivity index (χ4n) is 4.29. The molecule has 0 amide bonds. The smallest absolute Gasteiger partial charge is 0.229 e. The van der Waals surface area contributed by atoms with Gasteiger partial charge in [-0.1, -0.05) is 19.3 Å². The van der Waals surface area contributed by atoms with Crippen molar-refractivity contribution in [2.45, 2.75) is 52.0 Å². The van der Waals surface area contributed by atoms with E-state index in [2.05, 4.69) is 56.5 Å².